The second-order valence-electron chi connectivity index (χ2n) is 6.18. The predicted octanol–water partition coefficient (Wildman–Crippen LogP) is 4.34. The summed E-state index contributed by atoms with van der Waals surface area (Å²) in [6, 6.07) is 15.6. The van der Waals surface area contributed by atoms with Crippen LogP contribution in [0.5, 0.6) is 0 Å². The lowest BCUT2D eigenvalue weighted by atomic mass is 10.0. The molecule has 2 heterocycles. The van der Waals surface area contributed by atoms with Crippen molar-refractivity contribution >= 4 is 23.0 Å². The van der Waals surface area contributed by atoms with Crippen molar-refractivity contribution in [2.75, 3.05) is 0 Å². The lowest BCUT2D eigenvalue weighted by Crippen LogP contribution is -2.18. The van der Waals surface area contributed by atoms with Crippen LogP contribution in [-0.4, -0.2) is 22.1 Å². The summed E-state index contributed by atoms with van der Waals surface area (Å²) in [6.07, 6.45) is 4.44. The number of hydrazone groups is 1. The minimum Gasteiger partial charge on any atom is -0.267 e. The van der Waals surface area contributed by atoms with Crippen LogP contribution < -0.4 is 5.43 Å². The Balaban J connectivity index is 1.67. The van der Waals surface area contributed by atoms with Crippen molar-refractivity contribution in [3.63, 3.8) is 0 Å². The Morgan fingerprint density at radius 1 is 1.03 bits per heavy atom. The Labute approximate surface area is 164 Å². The molecule has 0 aliphatic heterocycles. The summed E-state index contributed by atoms with van der Waals surface area (Å²) < 4.78 is 26.7. The topological polar surface area (TPSA) is 67.2 Å². The molecule has 0 aliphatic rings. The van der Waals surface area contributed by atoms with E-state index < -0.39 is 17.5 Å². The van der Waals surface area contributed by atoms with Crippen molar-refractivity contribution in [2.24, 2.45) is 5.10 Å². The lowest BCUT2D eigenvalue weighted by Gasteiger charge is -2.08. The van der Waals surface area contributed by atoms with Gasteiger partial charge in [-0.2, -0.15) is 5.10 Å². The van der Waals surface area contributed by atoms with Crippen LogP contribution in [0, 0.1) is 11.6 Å². The van der Waals surface area contributed by atoms with E-state index in [0.717, 1.165) is 23.9 Å². The van der Waals surface area contributed by atoms with E-state index in [0.29, 0.717) is 22.2 Å². The summed E-state index contributed by atoms with van der Waals surface area (Å²) in [6.45, 7) is 0. The molecule has 0 fully saturated rings. The van der Waals surface area contributed by atoms with Gasteiger partial charge in [0.1, 0.15) is 11.6 Å². The molecule has 2 aromatic heterocycles. The van der Waals surface area contributed by atoms with Crippen LogP contribution in [0.4, 0.5) is 8.78 Å². The van der Waals surface area contributed by atoms with Gasteiger partial charge in [-0.05, 0) is 36.4 Å². The molecule has 5 nitrogen and oxygen atoms in total. The molecule has 4 aromatic rings. The van der Waals surface area contributed by atoms with Crippen LogP contribution in [0.3, 0.4) is 0 Å². The van der Waals surface area contributed by atoms with Gasteiger partial charge in [0.2, 0.25) is 0 Å². The number of nitrogens with one attached hydrogen (secondary N) is 1. The van der Waals surface area contributed by atoms with Crippen LogP contribution >= 0.6 is 0 Å². The summed E-state index contributed by atoms with van der Waals surface area (Å²) in [5, 5.41) is 4.45. The molecule has 7 heteroatoms. The molecule has 142 valence electrons. The largest absolute Gasteiger partial charge is 0.272 e. The molecule has 29 heavy (non-hydrogen) atoms. The number of carbonyl (C=O) groups is 1. The molecule has 0 bridgehead atoms. The van der Waals surface area contributed by atoms with E-state index >= 15 is 0 Å². The number of para-hydroxylation sites is 1. The Hall–Kier alpha value is -4.00. The van der Waals surface area contributed by atoms with Crippen LogP contribution in [-0.2, 0) is 0 Å². The Morgan fingerprint density at radius 2 is 1.90 bits per heavy atom. The summed E-state index contributed by atoms with van der Waals surface area (Å²) in [4.78, 5) is 21.4. The van der Waals surface area contributed by atoms with Gasteiger partial charge in [0.15, 0.2) is 0 Å². The highest BCUT2D eigenvalue weighted by atomic mass is 19.1. The van der Waals surface area contributed by atoms with Crippen molar-refractivity contribution < 1.29 is 13.6 Å². The number of carbonyl (C=O) groups excluding carboxylic acids is 1. The number of benzene rings is 2. The van der Waals surface area contributed by atoms with Crippen molar-refractivity contribution in [3.05, 3.63) is 95.8 Å². The molecule has 0 atom stereocenters. The Morgan fingerprint density at radius 3 is 2.69 bits per heavy atom. The van der Waals surface area contributed by atoms with E-state index in [2.05, 4.69) is 20.5 Å². The summed E-state index contributed by atoms with van der Waals surface area (Å²) in [7, 11) is 0. The highest BCUT2D eigenvalue weighted by Gasteiger charge is 2.13. The molecule has 0 unspecified atom stereocenters. The van der Waals surface area contributed by atoms with Gasteiger partial charge >= 0.3 is 0 Å². The molecule has 0 saturated heterocycles. The van der Waals surface area contributed by atoms with Crippen molar-refractivity contribution in [3.8, 4) is 11.3 Å². The first-order chi connectivity index (χ1) is 14.1. The SMILES string of the molecule is O=C(NN=Cc1ccc(F)cc1F)c1cc(-c2cccnc2)nc2ccccc12. The lowest BCUT2D eigenvalue weighted by molar-refractivity contribution is 0.0956. The second-order valence-corrected chi connectivity index (χ2v) is 6.18. The number of nitrogens with zero attached hydrogens (tertiary/aromatic N) is 3. The summed E-state index contributed by atoms with van der Waals surface area (Å²) >= 11 is 0. The van der Waals surface area contributed by atoms with Crippen LogP contribution in [0.2, 0.25) is 0 Å². The van der Waals surface area contributed by atoms with E-state index in [1.54, 1.807) is 30.6 Å². The quantitative estimate of drug-likeness (QED) is 0.418. The van der Waals surface area contributed by atoms with Gasteiger partial charge in [-0.1, -0.05) is 18.2 Å². The number of fused-ring (bicyclic) bond motifs is 1. The number of halogens is 2. The van der Waals surface area contributed by atoms with Crippen LogP contribution in [0.15, 0.2) is 78.2 Å². The van der Waals surface area contributed by atoms with Gasteiger partial charge in [-0.25, -0.2) is 19.2 Å². The number of hydrogen-bond acceptors (Lipinski definition) is 4. The predicted molar refractivity (Wildman–Crippen MR) is 106 cm³/mol. The first kappa shape index (κ1) is 18.4. The van der Waals surface area contributed by atoms with Gasteiger partial charge in [0.25, 0.3) is 5.91 Å². The maximum Gasteiger partial charge on any atom is 0.272 e. The molecule has 0 aliphatic carbocycles. The maximum atomic E-state index is 13.7. The number of amides is 1. The van der Waals surface area contributed by atoms with Gasteiger partial charge in [-0.3, -0.25) is 9.78 Å². The summed E-state index contributed by atoms with van der Waals surface area (Å²) in [5.74, 6) is -1.93. The smallest absolute Gasteiger partial charge is 0.267 e. The third-order valence-electron chi connectivity index (χ3n) is 4.25. The van der Waals surface area contributed by atoms with Crippen molar-refractivity contribution in [2.45, 2.75) is 0 Å². The monoisotopic (exact) mass is 388 g/mol. The van der Waals surface area contributed by atoms with Gasteiger partial charge in [0.05, 0.1) is 23.0 Å². The molecule has 2 aromatic carbocycles. The van der Waals surface area contributed by atoms with Gasteiger partial charge in [-0.15, -0.1) is 0 Å². The molecule has 0 spiro atoms. The Bertz CT molecular complexity index is 1230. The maximum absolute atomic E-state index is 13.7. The number of aromatic nitrogens is 2. The van der Waals surface area contributed by atoms with E-state index in [1.165, 1.54) is 6.07 Å². The van der Waals surface area contributed by atoms with E-state index in [9.17, 15) is 13.6 Å². The zero-order chi connectivity index (χ0) is 20.2. The normalized spacial score (nSPS) is 11.1. The average Bonchev–Trinajstić information content (AvgIpc) is 2.75. The fraction of sp³-hybridized carbons (Fsp3) is 0. The Kier molecular flexibility index (Phi) is 5.03. The highest BCUT2D eigenvalue weighted by molar-refractivity contribution is 6.07. The number of rotatable bonds is 4. The van der Waals surface area contributed by atoms with Crippen molar-refractivity contribution in [1.29, 1.82) is 0 Å². The average molecular weight is 388 g/mol. The third-order valence-corrected chi connectivity index (χ3v) is 4.25. The minimum absolute atomic E-state index is 0.0577. The standard InChI is InChI=1S/C22H14F2N4O/c23-16-8-7-14(19(24)10-16)13-26-28-22(29)18-11-21(15-4-3-9-25-12-15)27-20-6-2-1-5-17(18)20/h1-13H,(H,28,29). The number of pyridine rings is 2. The van der Waals surface area contributed by atoms with Gasteiger partial charge in [0, 0.05) is 35.0 Å². The highest BCUT2D eigenvalue weighted by Crippen LogP contribution is 2.24. The molecule has 1 N–H and O–H groups in total. The first-order valence-electron chi connectivity index (χ1n) is 8.70. The molecular formula is C22H14F2N4O. The van der Waals surface area contributed by atoms with Crippen LogP contribution in [0.25, 0.3) is 22.2 Å². The van der Waals surface area contributed by atoms with Crippen molar-refractivity contribution in [1.82, 2.24) is 15.4 Å². The van der Waals surface area contributed by atoms with E-state index in [1.807, 2.05) is 24.3 Å². The summed E-state index contributed by atoms with van der Waals surface area (Å²) in [5.41, 5.74) is 4.82. The van der Waals surface area contributed by atoms with Gasteiger partial charge < -0.3 is 0 Å². The zero-order valence-corrected chi connectivity index (χ0v) is 15.0. The zero-order valence-electron chi connectivity index (χ0n) is 15.0. The second kappa shape index (κ2) is 7.93. The van der Waals surface area contributed by atoms with E-state index in [4.69, 9.17) is 0 Å². The number of hydrogen-bond donors (Lipinski definition) is 1. The molecule has 4 rings (SSSR count). The van der Waals surface area contributed by atoms with E-state index in [-0.39, 0.29) is 5.56 Å². The van der Waals surface area contributed by atoms with Crippen LogP contribution in [0.1, 0.15) is 15.9 Å². The minimum atomic E-state index is -0.767. The third kappa shape index (κ3) is 3.98. The first-order valence-corrected chi connectivity index (χ1v) is 8.70. The molecule has 1 amide bonds. The fourth-order valence-corrected chi connectivity index (χ4v) is 2.85. The molecule has 0 radical (unpaired) electrons. The fourth-order valence-electron chi connectivity index (χ4n) is 2.85. The molecule has 0 saturated carbocycles. The molecular weight excluding hydrogens is 374 g/mol.